The third-order valence-corrected chi connectivity index (χ3v) is 2.55. The molecular weight excluding hydrogens is 257 g/mol. The zero-order chi connectivity index (χ0) is 14.7. The molecule has 1 aromatic carbocycles. The molecular formula is C15H18FN3O. The van der Waals surface area contributed by atoms with E-state index in [0.29, 0.717) is 23.1 Å². The SMILES string of the molecule is Cc1cc(F)cc(Nc2ccc(N)c(OC(C)C)n2)c1. The molecule has 2 aromatic rings. The number of aromatic nitrogens is 1. The first-order valence-electron chi connectivity index (χ1n) is 6.41. The molecule has 0 aliphatic rings. The summed E-state index contributed by atoms with van der Waals surface area (Å²) in [5.74, 6) is 0.638. The van der Waals surface area contributed by atoms with Gasteiger partial charge in [-0.2, -0.15) is 4.98 Å². The quantitative estimate of drug-likeness (QED) is 0.894. The van der Waals surface area contributed by atoms with Crippen LogP contribution in [0.15, 0.2) is 30.3 Å². The first kappa shape index (κ1) is 14.1. The van der Waals surface area contributed by atoms with Crippen LogP contribution in [0, 0.1) is 12.7 Å². The molecule has 1 heterocycles. The van der Waals surface area contributed by atoms with Crippen molar-refractivity contribution in [2.75, 3.05) is 11.1 Å². The molecule has 3 N–H and O–H groups in total. The van der Waals surface area contributed by atoms with Gasteiger partial charge in [0, 0.05) is 5.69 Å². The number of aryl methyl sites for hydroxylation is 1. The van der Waals surface area contributed by atoms with E-state index in [2.05, 4.69) is 10.3 Å². The number of rotatable bonds is 4. The van der Waals surface area contributed by atoms with Crippen molar-refractivity contribution in [2.45, 2.75) is 26.9 Å². The number of anilines is 3. The fourth-order valence-electron chi connectivity index (χ4n) is 1.79. The maximum atomic E-state index is 13.3. The smallest absolute Gasteiger partial charge is 0.239 e. The minimum Gasteiger partial charge on any atom is -0.473 e. The Balaban J connectivity index is 2.25. The lowest BCUT2D eigenvalue weighted by Crippen LogP contribution is -2.09. The first-order valence-corrected chi connectivity index (χ1v) is 6.41. The van der Waals surface area contributed by atoms with Gasteiger partial charge >= 0.3 is 0 Å². The van der Waals surface area contributed by atoms with Crippen molar-refractivity contribution in [1.29, 1.82) is 0 Å². The molecule has 0 aliphatic heterocycles. The highest BCUT2D eigenvalue weighted by molar-refractivity contribution is 5.61. The van der Waals surface area contributed by atoms with E-state index < -0.39 is 0 Å². The van der Waals surface area contributed by atoms with Crippen molar-refractivity contribution < 1.29 is 9.13 Å². The molecule has 5 heteroatoms. The highest BCUT2D eigenvalue weighted by Crippen LogP contribution is 2.24. The predicted molar refractivity (Wildman–Crippen MR) is 78.8 cm³/mol. The van der Waals surface area contributed by atoms with Crippen LogP contribution < -0.4 is 15.8 Å². The van der Waals surface area contributed by atoms with Crippen LogP contribution in [0.2, 0.25) is 0 Å². The lowest BCUT2D eigenvalue weighted by molar-refractivity contribution is 0.234. The second-order valence-corrected chi connectivity index (χ2v) is 4.90. The average Bonchev–Trinajstić information content (AvgIpc) is 2.31. The van der Waals surface area contributed by atoms with E-state index in [4.69, 9.17) is 10.5 Å². The van der Waals surface area contributed by atoms with Gasteiger partial charge in [-0.25, -0.2) is 4.39 Å². The van der Waals surface area contributed by atoms with E-state index in [9.17, 15) is 4.39 Å². The maximum Gasteiger partial charge on any atom is 0.239 e. The lowest BCUT2D eigenvalue weighted by atomic mass is 10.2. The van der Waals surface area contributed by atoms with Gasteiger partial charge in [-0.15, -0.1) is 0 Å². The normalized spacial score (nSPS) is 10.7. The highest BCUT2D eigenvalue weighted by atomic mass is 19.1. The Morgan fingerprint density at radius 1 is 1.25 bits per heavy atom. The summed E-state index contributed by atoms with van der Waals surface area (Å²) >= 11 is 0. The number of ether oxygens (including phenoxy) is 1. The van der Waals surface area contributed by atoms with Gasteiger partial charge in [0.05, 0.1) is 11.8 Å². The van der Waals surface area contributed by atoms with Crippen LogP contribution in [0.5, 0.6) is 5.88 Å². The summed E-state index contributed by atoms with van der Waals surface area (Å²) in [6.07, 6.45) is -0.0172. The van der Waals surface area contributed by atoms with Crippen molar-refractivity contribution >= 4 is 17.2 Å². The van der Waals surface area contributed by atoms with Crippen LogP contribution in [-0.4, -0.2) is 11.1 Å². The van der Waals surface area contributed by atoms with E-state index in [1.54, 1.807) is 12.1 Å². The molecule has 2 rings (SSSR count). The molecule has 0 saturated heterocycles. The number of nitrogens with two attached hydrogens (primary N) is 1. The van der Waals surface area contributed by atoms with Crippen molar-refractivity contribution in [3.05, 3.63) is 41.7 Å². The van der Waals surface area contributed by atoms with Crippen molar-refractivity contribution in [3.63, 3.8) is 0 Å². The van der Waals surface area contributed by atoms with Gasteiger partial charge in [-0.3, -0.25) is 0 Å². The Hall–Kier alpha value is -2.30. The molecule has 0 spiro atoms. The van der Waals surface area contributed by atoms with E-state index in [-0.39, 0.29) is 11.9 Å². The van der Waals surface area contributed by atoms with Gasteiger partial charge in [0.2, 0.25) is 5.88 Å². The number of nitrogen functional groups attached to an aromatic ring is 1. The summed E-state index contributed by atoms with van der Waals surface area (Å²) in [5.41, 5.74) is 7.75. The van der Waals surface area contributed by atoms with Gasteiger partial charge in [-0.1, -0.05) is 0 Å². The van der Waals surface area contributed by atoms with E-state index in [1.165, 1.54) is 12.1 Å². The maximum absolute atomic E-state index is 13.3. The van der Waals surface area contributed by atoms with E-state index >= 15 is 0 Å². The number of pyridine rings is 1. The van der Waals surface area contributed by atoms with Gasteiger partial charge in [0.15, 0.2) is 0 Å². The summed E-state index contributed by atoms with van der Waals surface area (Å²) in [6.45, 7) is 5.63. The fraction of sp³-hybridized carbons (Fsp3) is 0.267. The topological polar surface area (TPSA) is 60.2 Å². The molecule has 0 amide bonds. The molecule has 0 aliphatic carbocycles. The Labute approximate surface area is 117 Å². The highest BCUT2D eigenvalue weighted by Gasteiger charge is 2.07. The van der Waals surface area contributed by atoms with Crippen LogP contribution in [-0.2, 0) is 0 Å². The molecule has 1 aromatic heterocycles. The number of hydrogen-bond donors (Lipinski definition) is 2. The summed E-state index contributed by atoms with van der Waals surface area (Å²) in [6, 6.07) is 8.15. The van der Waals surface area contributed by atoms with Gasteiger partial charge in [-0.05, 0) is 56.7 Å². The number of halogens is 1. The standard InChI is InChI=1S/C15H18FN3O/c1-9(2)20-15-13(17)4-5-14(19-15)18-12-7-10(3)6-11(16)8-12/h4-9H,17H2,1-3H3,(H,18,19). The summed E-state index contributed by atoms with van der Waals surface area (Å²) < 4.78 is 18.9. The number of benzene rings is 1. The summed E-state index contributed by atoms with van der Waals surface area (Å²) in [7, 11) is 0. The molecule has 20 heavy (non-hydrogen) atoms. The molecule has 106 valence electrons. The minimum absolute atomic E-state index is 0.0172. The second-order valence-electron chi connectivity index (χ2n) is 4.90. The van der Waals surface area contributed by atoms with Crippen LogP contribution in [0.3, 0.4) is 0 Å². The van der Waals surface area contributed by atoms with Gasteiger partial charge < -0.3 is 15.8 Å². The molecule has 0 unspecified atom stereocenters. The van der Waals surface area contributed by atoms with Gasteiger partial charge in [0.1, 0.15) is 11.6 Å². The summed E-state index contributed by atoms with van der Waals surface area (Å²) in [4.78, 5) is 4.29. The molecule has 0 bridgehead atoms. The number of hydrogen-bond acceptors (Lipinski definition) is 4. The van der Waals surface area contributed by atoms with Crippen LogP contribution in [0.4, 0.5) is 21.6 Å². The molecule has 0 fully saturated rings. The van der Waals surface area contributed by atoms with Crippen molar-refractivity contribution in [3.8, 4) is 5.88 Å². The monoisotopic (exact) mass is 275 g/mol. The third-order valence-electron chi connectivity index (χ3n) is 2.55. The Morgan fingerprint density at radius 3 is 2.65 bits per heavy atom. The number of nitrogens with one attached hydrogen (secondary N) is 1. The second kappa shape index (κ2) is 5.77. The molecule has 0 radical (unpaired) electrons. The van der Waals surface area contributed by atoms with E-state index in [0.717, 1.165) is 5.56 Å². The minimum atomic E-state index is -0.290. The zero-order valence-corrected chi connectivity index (χ0v) is 11.8. The van der Waals surface area contributed by atoms with E-state index in [1.807, 2.05) is 26.8 Å². The average molecular weight is 275 g/mol. The third kappa shape index (κ3) is 3.60. The largest absolute Gasteiger partial charge is 0.473 e. The van der Waals surface area contributed by atoms with Crippen LogP contribution >= 0.6 is 0 Å². The Bertz CT molecular complexity index is 594. The van der Waals surface area contributed by atoms with Crippen LogP contribution in [0.1, 0.15) is 19.4 Å². The lowest BCUT2D eigenvalue weighted by Gasteiger charge is -2.13. The van der Waals surface area contributed by atoms with Crippen molar-refractivity contribution in [1.82, 2.24) is 4.98 Å². The Kier molecular flexibility index (Phi) is 4.08. The Morgan fingerprint density at radius 2 is 2.00 bits per heavy atom. The number of nitrogens with zero attached hydrogens (tertiary/aromatic N) is 1. The zero-order valence-electron chi connectivity index (χ0n) is 11.8. The van der Waals surface area contributed by atoms with Crippen molar-refractivity contribution in [2.24, 2.45) is 0 Å². The van der Waals surface area contributed by atoms with Gasteiger partial charge in [0.25, 0.3) is 0 Å². The van der Waals surface area contributed by atoms with Crippen LogP contribution in [0.25, 0.3) is 0 Å². The molecule has 4 nitrogen and oxygen atoms in total. The first-order chi connectivity index (χ1) is 9.44. The summed E-state index contributed by atoms with van der Waals surface area (Å²) in [5, 5.41) is 3.04. The molecule has 0 atom stereocenters. The predicted octanol–water partition coefficient (Wildman–Crippen LogP) is 3.64. The fourth-order valence-corrected chi connectivity index (χ4v) is 1.79. The molecule has 0 saturated carbocycles.